The number of aromatic nitrogens is 2. The Balaban J connectivity index is 1.57. The molecule has 2 atom stereocenters. The van der Waals surface area contributed by atoms with Crippen molar-refractivity contribution in [3.8, 4) is 5.75 Å². The summed E-state index contributed by atoms with van der Waals surface area (Å²) in [5.41, 5.74) is 3.36. The number of methoxy groups -OCH3 is 1. The third-order valence-corrected chi connectivity index (χ3v) is 8.23. The van der Waals surface area contributed by atoms with E-state index in [0.29, 0.717) is 28.5 Å². The number of piperidine rings is 1. The zero-order chi connectivity index (χ0) is 27.6. The van der Waals surface area contributed by atoms with Crippen LogP contribution < -0.4 is 15.6 Å². The second-order valence-electron chi connectivity index (χ2n) is 10.6. The molecule has 1 aromatic carbocycles. The largest absolute Gasteiger partial charge is 0.496 e. The van der Waals surface area contributed by atoms with Crippen molar-refractivity contribution < 1.29 is 14.3 Å². The molecule has 1 fully saturated rings. The summed E-state index contributed by atoms with van der Waals surface area (Å²) in [5.74, 6) is 0.954. The smallest absolute Gasteiger partial charge is 0.256 e. The molecule has 3 aromatic rings. The molecule has 4 rings (SSSR count). The van der Waals surface area contributed by atoms with Crippen LogP contribution in [0.5, 0.6) is 5.75 Å². The number of ether oxygens (including phenoxy) is 1. The zero-order valence-corrected chi connectivity index (χ0v) is 23.4. The summed E-state index contributed by atoms with van der Waals surface area (Å²) in [6.45, 7) is 11.7. The van der Waals surface area contributed by atoms with Gasteiger partial charge in [0.25, 0.3) is 11.5 Å². The highest BCUT2D eigenvalue weighted by Crippen LogP contribution is 2.36. The van der Waals surface area contributed by atoms with Crippen molar-refractivity contribution in [2.24, 2.45) is 11.8 Å². The lowest BCUT2D eigenvalue weighted by Crippen LogP contribution is -2.42. The molecule has 0 saturated carbocycles. The van der Waals surface area contributed by atoms with Crippen LogP contribution in [0.25, 0.3) is 10.9 Å². The van der Waals surface area contributed by atoms with E-state index in [4.69, 9.17) is 4.74 Å². The fourth-order valence-electron chi connectivity index (χ4n) is 5.79. The number of H-pyrrole nitrogens is 1. The number of para-hydroxylation sites is 1. The van der Waals surface area contributed by atoms with E-state index < -0.39 is 0 Å². The summed E-state index contributed by atoms with van der Waals surface area (Å²) in [5, 5.41) is 3.85. The Kier molecular flexibility index (Phi) is 8.29. The number of rotatable bonds is 8. The van der Waals surface area contributed by atoms with Gasteiger partial charge < -0.3 is 24.5 Å². The molecule has 2 aromatic heterocycles. The maximum Gasteiger partial charge on any atom is 0.256 e. The average molecular weight is 521 g/mol. The van der Waals surface area contributed by atoms with Crippen molar-refractivity contribution in [3.05, 3.63) is 63.2 Å². The SMILES string of the molecule is CCC(C)C(=O)N1CCC(C(C)n2c(C)c(C(=O)NCc3c(OC)cc(C)[nH]c3=O)c3ccccc32)CC1. The molecule has 38 heavy (non-hydrogen) atoms. The highest BCUT2D eigenvalue weighted by molar-refractivity contribution is 6.08. The molecule has 0 aliphatic carbocycles. The summed E-state index contributed by atoms with van der Waals surface area (Å²) in [6, 6.07) is 9.90. The molecule has 8 heteroatoms. The summed E-state index contributed by atoms with van der Waals surface area (Å²) >= 11 is 0. The van der Waals surface area contributed by atoms with Crippen LogP contribution in [0, 0.1) is 25.7 Å². The summed E-state index contributed by atoms with van der Waals surface area (Å²) in [6.07, 6.45) is 2.74. The van der Waals surface area contributed by atoms with E-state index in [0.717, 1.165) is 48.9 Å². The number of nitrogens with zero attached hydrogens (tertiary/aromatic N) is 2. The Labute approximate surface area is 224 Å². The van der Waals surface area contributed by atoms with Gasteiger partial charge in [0, 0.05) is 47.3 Å². The van der Waals surface area contributed by atoms with Gasteiger partial charge in [-0.2, -0.15) is 0 Å². The Morgan fingerprint density at radius 1 is 1.16 bits per heavy atom. The summed E-state index contributed by atoms with van der Waals surface area (Å²) < 4.78 is 7.66. The number of likely N-dealkylation sites (tertiary alicyclic amines) is 1. The number of fused-ring (bicyclic) bond motifs is 1. The highest BCUT2D eigenvalue weighted by atomic mass is 16.5. The van der Waals surface area contributed by atoms with Crippen LogP contribution in [0.3, 0.4) is 0 Å². The predicted molar refractivity (Wildman–Crippen MR) is 150 cm³/mol. The zero-order valence-electron chi connectivity index (χ0n) is 23.4. The van der Waals surface area contributed by atoms with Crippen LogP contribution in [-0.2, 0) is 11.3 Å². The normalized spacial score (nSPS) is 15.9. The average Bonchev–Trinajstić information content (AvgIpc) is 3.22. The first-order chi connectivity index (χ1) is 18.2. The third kappa shape index (κ3) is 5.22. The quantitative estimate of drug-likeness (QED) is 0.449. The van der Waals surface area contributed by atoms with Crippen molar-refractivity contribution in [3.63, 3.8) is 0 Å². The number of hydrogen-bond donors (Lipinski definition) is 2. The molecule has 1 aliphatic rings. The van der Waals surface area contributed by atoms with Crippen molar-refractivity contribution in [1.29, 1.82) is 0 Å². The highest BCUT2D eigenvalue weighted by Gasteiger charge is 2.31. The van der Waals surface area contributed by atoms with Gasteiger partial charge in [0.05, 0.1) is 24.8 Å². The number of benzene rings is 1. The topological polar surface area (TPSA) is 96.4 Å². The first-order valence-corrected chi connectivity index (χ1v) is 13.6. The lowest BCUT2D eigenvalue weighted by atomic mass is 9.89. The van der Waals surface area contributed by atoms with Crippen molar-refractivity contribution in [1.82, 2.24) is 19.8 Å². The number of nitrogens with one attached hydrogen (secondary N) is 2. The summed E-state index contributed by atoms with van der Waals surface area (Å²) in [4.78, 5) is 43.5. The lowest BCUT2D eigenvalue weighted by molar-refractivity contribution is -0.136. The number of carbonyl (C=O) groups excluding carboxylic acids is 2. The lowest BCUT2D eigenvalue weighted by Gasteiger charge is -2.37. The van der Waals surface area contributed by atoms with Gasteiger partial charge in [-0.1, -0.05) is 32.0 Å². The molecular formula is C30H40N4O4. The molecule has 1 aliphatic heterocycles. The van der Waals surface area contributed by atoms with Gasteiger partial charge in [-0.05, 0) is 58.1 Å². The van der Waals surface area contributed by atoms with Gasteiger partial charge >= 0.3 is 0 Å². The molecule has 0 bridgehead atoms. The molecule has 0 spiro atoms. The van der Waals surface area contributed by atoms with E-state index in [2.05, 4.69) is 34.8 Å². The molecular weight excluding hydrogens is 480 g/mol. The van der Waals surface area contributed by atoms with E-state index in [1.165, 1.54) is 7.11 Å². The van der Waals surface area contributed by atoms with E-state index in [9.17, 15) is 14.4 Å². The Bertz CT molecular complexity index is 1380. The van der Waals surface area contributed by atoms with Crippen LogP contribution >= 0.6 is 0 Å². The van der Waals surface area contributed by atoms with Crippen molar-refractivity contribution >= 4 is 22.7 Å². The number of amides is 2. The number of pyridine rings is 1. The van der Waals surface area contributed by atoms with Crippen LogP contribution in [-0.4, -0.2) is 46.5 Å². The molecule has 0 radical (unpaired) electrons. The fraction of sp³-hybridized carbons (Fsp3) is 0.500. The van der Waals surface area contributed by atoms with Gasteiger partial charge in [0.2, 0.25) is 5.91 Å². The second-order valence-corrected chi connectivity index (χ2v) is 10.6. The number of carbonyl (C=O) groups is 2. The van der Waals surface area contributed by atoms with Gasteiger partial charge in [-0.25, -0.2) is 0 Å². The minimum Gasteiger partial charge on any atom is -0.496 e. The number of aryl methyl sites for hydroxylation is 1. The van der Waals surface area contributed by atoms with Gasteiger partial charge in [-0.15, -0.1) is 0 Å². The van der Waals surface area contributed by atoms with Crippen LogP contribution in [0.2, 0.25) is 0 Å². The predicted octanol–water partition coefficient (Wildman–Crippen LogP) is 4.73. The van der Waals surface area contributed by atoms with Gasteiger partial charge in [0.15, 0.2) is 0 Å². The van der Waals surface area contributed by atoms with Crippen LogP contribution in [0.4, 0.5) is 0 Å². The van der Waals surface area contributed by atoms with Gasteiger partial charge in [0.1, 0.15) is 5.75 Å². The van der Waals surface area contributed by atoms with E-state index in [1.807, 2.05) is 36.9 Å². The minimum absolute atomic E-state index is 0.0643. The first kappa shape index (κ1) is 27.5. The first-order valence-electron chi connectivity index (χ1n) is 13.6. The third-order valence-electron chi connectivity index (χ3n) is 8.23. The van der Waals surface area contributed by atoms with Crippen LogP contribution in [0.1, 0.15) is 73.4 Å². The van der Waals surface area contributed by atoms with Gasteiger partial charge in [-0.3, -0.25) is 14.4 Å². The van der Waals surface area contributed by atoms with Crippen LogP contribution in [0.15, 0.2) is 35.1 Å². The van der Waals surface area contributed by atoms with E-state index in [1.54, 1.807) is 13.0 Å². The molecule has 2 unspecified atom stereocenters. The van der Waals surface area contributed by atoms with E-state index >= 15 is 0 Å². The minimum atomic E-state index is -0.270. The molecule has 2 amide bonds. The number of aromatic amines is 1. The van der Waals surface area contributed by atoms with E-state index in [-0.39, 0.29) is 35.9 Å². The summed E-state index contributed by atoms with van der Waals surface area (Å²) in [7, 11) is 1.52. The monoisotopic (exact) mass is 520 g/mol. The molecule has 3 heterocycles. The Morgan fingerprint density at radius 3 is 2.50 bits per heavy atom. The Hall–Kier alpha value is -3.55. The molecule has 8 nitrogen and oxygen atoms in total. The second kappa shape index (κ2) is 11.5. The molecule has 2 N–H and O–H groups in total. The maximum absolute atomic E-state index is 13.5. The van der Waals surface area contributed by atoms with Crippen molar-refractivity contribution in [2.75, 3.05) is 20.2 Å². The maximum atomic E-state index is 13.5. The molecule has 1 saturated heterocycles. The number of hydrogen-bond acceptors (Lipinski definition) is 4. The van der Waals surface area contributed by atoms with Crippen molar-refractivity contribution in [2.45, 2.75) is 66.5 Å². The fourth-order valence-corrected chi connectivity index (χ4v) is 5.79. The standard InChI is InChI=1S/C30H40N4O4/c1-7-18(2)30(37)33-14-12-22(13-15-33)20(4)34-21(5)27(23-10-8-9-11-25(23)34)29(36)31-17-24-26(38-6)16-19(3)32-28(24)35/h8-11,16,18,20,22H,7,12-15,17H2,1-6H3,(H,31,36)(H,32,35). The Morgan fingerprint density at radius 2 is 1.84 bits per heavy atom. The molecule has 204 valence electrons.